The SMILES string of the molecule is CNCc1cnc(N2CC(C)OCC2C)nc1C. The van der Waals surface area contributed by atoms with Gasteiger partial charge in [0.1, 0.15) is 0 Å². The van der Waals surface area contributed by atoms with Crippen molar-refractivity contribution in [3.8, 4) is 0 Å². The van der Waals surface area contributed by atoms with Gasteiger partial charge in [-0.2, -0.15) is 0 Å². The Kier molecular flexibility index (Phi) is 4.14. The largest absolute Gasteiger partial charge is 0.375 e. The highest BCUT2D eigenvalue weighted by molar-refractivity contribution is 5.35. The van der Waals surface area contributed by atoms with Gasteiger partial charge in [-0.15, -0.1) is 0 Å². The van der Waals surface area contributed by atoms with Crippen molar-refractivity contribution in [2.24, 2.45) is 0 Å². The van der Waals surface area contributed by atoms with E-state index in [0.717, 1.165) is 36.9 Å². The molecule has 0 amide bonds. The van der Waals surface area contributed by atoms with Crippen molar-refractivity contribution in [2.45, 2.75) is 39.5 Å². The first kappa shape index (κ1) is 13.2. The number of aromatic nitrogens is 2. The molecule has 1 aromatic rings. The van der Waals surface area contributed by atoms with Crippen LogP contribution in [0.25, 0.3) is 0 Å². The molecule has 1 fully saturated rings. The van der Waals surface area contributed by atoms with Crippen LogP contribution in [0.5, 0.6) is 0 Å². The molecule has 0 aromatic carbocycles. The zero-order chi connectivity index (χ0) is 13.1. The lowest BCUT2D eigenvalue weighted by Gasteiger charge is -2.36. The van der Waals surface area contributed by atoms with Crippen LogP contribution in [0, 0.1) is 6.92 Å². The molecule has 5 heteroatoms. The number of rotatable bonds is 3. The number of aryl methyl sites for hydroxylation is 1. The molecule has 18 heavy (non-hydrogen) atoms. The molecule has 0 spiro atoms. The fourth-order valence-electron chi connectivity index (χ4n) is 2.16. The molecule has 2 heterocycles. The van der Waals surface area contributed by atoms with Gasteiger partial charge in [0.15, 0.2) is 0 Å². The van der Waals surface area contributed by atoms with E-state index in [-0.39, 0.29) is 6.10 Å². The van der Waals surface area contributed by atoms with E-state index in [0.29, 0.717) is 6.04 Å². The lowest BCUT2D eigenvalue weighted by Crippen LogP contribution is -2.48. The number of hydrogen-bond donors (Lipinski definition) is 1. The Morgan fingerprint density at radius 2 is 2.28 bits per heavy atom. The molecule has 2 unspecified atom stereocenters. The highest BCUT2D eigenvalue weighted by atomic mass is 16.5. The van der Waals surface area contributed by atoms with Gasteiger partial charge in [-0.25, -0.2) is 9.97 Å². The second-order valence-electron chi connectivity index (χ2n) is 4.96. The van der Waals surface area contributed by atoms with Gasteiger partial charge in [-0.3, -0.25) is 0 Å². The van der Waals surface area contributed by atoms with Crippen molar-refractivity contribution in [2.75, 3.05) is 25.1 Å². The van der Waals surface area contributed by atoms with Crippen molar-refractivity contribution in [3.05, 3.63) is 17.5 Å². The minimum atomic E-state index is 0.238. The fourth-order valence-corrected chi connectivity index (χ4v) is 2.16. The molecule has 1 saturated heterocycles. The molecular formula is C13H22N4O. The standard InChI is InChI=1S/C13H22N4O/c1-9-8-18-10(2)7-17(9)13-15-6-12(5-14-4)11(3)16-13/h6,9-10,14H,5,7-8H2,1-4H3. The van der Waals surface area contributed by atoms with Gasteiger partial charge in [-0.1, -0.05) is 0 Å². The molecule has 1 aromatic heterocycles. The zero-order valence-electron chi connectivity index (χ0n) is 11.6. The maximum Gasteiger partial charge on any atom is 0.225 e. The lowest BCUT2D eigenvalue weighted by molar-refractivity contribution is 0.0337. The number of anilines is 1. The zero-order valence-corrected chi connectivity index (χ0v) is 11.6. The predicted molar refractivity (Wildman–Crippen MR) is 71.8 cm³/mol. The van der Waals surface area contributed by atoms with Crippen molar-refractivity contribution < 1.29 is 4.74 Å². The topological polar surface area (TPSA) is 50.3 Å². The second kappa shape index (κ2) is 5.63. The predicted octanol–water partition coefficient (Wildman–Crippen LogP) is 1.12. The van der Waals surface area contributed by atoms with Gasteiger partial charge in [0.25, 0.3) is 0 Å². The maximum absolute atomic E-state index is 5.63. The molecule has 0 radical (unpaired) electrons. The molecule has 5 nitrogen and oxygen atoms in total. The molecule has 100 valence electrons. The van der Waals surface area contributed by atoms with Crippen LogP contribution in [0.1, 0.15) is 25.1 Å². The molecule has 1 aliphatic rings. The average molecular weight is 250 g/mol. The van der Waals surface area contributed by atoms with E-state index in [9.17, 15) is 0 Å². The third kappa shape index (κ3) is 2.79. The van der Waals surface area contributed by atoms with Gasteiger partial charge >= 0.3 is 0 Å². The number of morpholine rings is 1. The molecular weight excluding hydrogens is 228 g/mol. The van der Waals surface area contributed by atoms with Crippen LogP contribution in [-0.4, -0.2) is 42.3 Å². The average Bonchev–Trinajstić information content (AvgIpc) is 2.35. The summed E-state index contributed by atoms with van der Waals surface area (Å²) in [7, 11) is 1.93. The first-order chi connectivity index (χ1) is 8.61. The van der Waals surface area contributed by atoms with Gasteiger partial charge in [0, 0.05) is 30.5 Å². The number of nitrogens with one attached hydrogen (secondary N) is 1. The molecule has 0 bridgehead atoms. The Morgan fingerprint density at radius 1 is 1.50 bits per heavy atom. The maximum atomic E-state index is 5.63. The number of hydrogen-bond acceptors (Lipinski definition) is 5. The minimum absolute atomic E-state index is 0.238. The Morgan fingerprint density at radius 3 is 2.94 bits per heavy atom. The van der Waals surface area contributed by atoms with Crippen molar-refractivity contribution in [1.29, 1.82) is 0 Å². The molecule has 2 atom stereocenters. The number of ether oxygens (including phenoxy) is 1. The Bertz CT molecular complexity index is 410. The van der Waals surface area contributed by atoms with Crippen molar-refractivity contribution in [1.82, 2.24) is 15.3 Å². The second-order valence-corrected chi connectivity index (χ2v) is 4.96. The summed E-state index contributed by atoms with van der Waals surface area (Å²) in [4.78, 5) is 11.3. The molecule has 0 aliphatic carbocycles. The Balaban J connectivity index is 2.19. The summed E-state index contributed by atoms with van der Waals surface area (Å²) in [5.41, 5.74) is 2.19. The van der Waals surface area contributed by atoms with Gasteiger partial charge in [-0.05, 0) is 27.8 Å². The molecule has 1 N–H and O–H groups in total. The van der Waals surface area contributed by atoms with E-state index in [1.54, 1.807) is 0 Å². The summed E-state index contributed by atoms with van der Waals surface area (Å²) in [6, 6.07) is 0.329. The summed E-state index contributed by atoms with van der Waals surface area (Å²) in [6.07, 6.45) is 2.16. The molecule has 2 rings (SSSR count). The van der Waals surface area contributed by atoms with E-state index >= 15 is 0 Å². The third-order valence-electron chi connectivity index (χ3n) is 3.30. The minimum Gasteiger partial charge on any atom is -0.375 e. The summed E-state index contributed by atoms with van der Waals surface area (Å²) < 4.78 is 5.63. The number of nitrogens with zero attached hydrogens (tertiary/aromatic N) is 3. The van der Waals surface area contributed by atoms with Crippen LogP contribution in [0.3, 0.4) is 0 Å². The summed E-state index contributed by atoms with van der Waals surface area (Å²) in [5.74, 6) is 0.815. The van der Waals surface area contributed by atoms with Crippen LogP contribution in [0.15, 0.2) is 6.20 Å². The van der Waals surface area contributed by atoms with E-state index in [1.165, 1.54) is 0 Å². The van der Waals surface area contributed by atoms with Crippen LogP contribution < -0.4 is 10.2 Å². The highest BCUT2D eigenvalue weighted by Gasteiger charge is 2.25. The monoisotopic (exact) mass is 250 g/mol. The van der Waals surface area contributed by atoms with Crippen molar-refractivity contribution >= 4 is 5.95 Å². The van der Waals surface area contributed by atoms with Gasteiger partial charge in [0.2, 0.25) is 5.95 Å². The summed E-state index contributed by atoms with van der Waals surface area (Å²) in [6.45, 7) is 8.66. The van der Waals surface area contributed by atoms with E-state index < -0.39 is 0 Å². The van der Waals surface area contributed by atoms with E-state index in [1.807, 2.05) is 20.2 Å². The van der Waals surface area contributed by atoms with Crippen molar-refractivity contribution in [3.63, 3.8) is 0 Å². The smallest absolute Gasteiger partial charge is 0.225 e. The highest BCUT2D eigenvalue weighted by Crippen LogP contribution is 2.18. The first-order valence-corrected chi connectivity index (χ1v) is 6.47. The Labute approximate surface area is 109 Å². The van der Waals surface area contributed by atoms with Crippen LogP contribution in [-0.2, 0) is 11.3 Å². The normalized spacial score (nSPS) is 24.3. The Hall–Kier alpha value is -1.20. The van der Waals surface area contributed by atoms with Crippen LogP contribution >= 0.6 is 0 Å². The van der Waals surface area contributed by atoms with Crippen LogP contribution in [0.2, 0.25) is 0 Å². The van der Waals surface area contributed by atoms with Crippen LogP contribution in [0.4, 0.5) is 5.95 Å². The summed E-state index contributed by atoms with van der Waals surface area (Å²) in [5, 5.41) is 3.13. The van der Waals surface area contributed by atoms with Gasteiger partial charge in [0.05, 0.1) is 18.8 Å². The quantitative estimate of drug-likeness (QED) is 0.871. The summed E-state index contributed by atoms with van der Waals surface area (Å²) >= 11 is 0. The fraction of sp³-hybridized carbons (Fsp3) is 0.692. The molecule has 1 aliphatic heterocycles. The van der Waals surface area contributed by atoms with E-state index in [4.69, 9.17) is 4.74 Å². The van der Waals surface area contributed by atoms with Gasteiger partial charge < -0.3 is 15.0 Å². The third-order valence-corrected chi connectivity index (χ3v) is 3.30. The van der Waals surface area contributed by atoms with E-state index in [2.05, 4.69) is 34.0 Å². The lowest BCUT2D eigenvalue weighted by atomic mass is 10.2. The molecule has 0 saturated carbocycles. The first-order valence-electron chi connectivity index (χ1n) is 6.47.